The summed E-state index contributed by atoms with van der Waals surface area (Å²) in [5, 5.41) is 12.8. The molecule has 1 atom stereocenters. The van der Waals surface area contributed by atoms with Gasteiger partial charge in [-0.2, -0.15) is 0 Å². The first-order valence-electron chi connectivity index (χ1n) is 6.77. The number of hydrogen-bond acceptors (Lipinski definition) is 3. The van der Waals surface area contributed by atoms with Gasteiger partial charge in [0.25, 0.3) is 0 Å². The molecule has 0 saturated carbocycles. The van der Waals surface area contributed by atoms with Gasteiger partial charge in [-0.15, -0.1) is 0 Å². The van der Waals surface area contributed by atoms with E-state index in [9.17, 15) is 5.11 Å². The zero-order chi connectivity index (χ0) is 13.5. The molecule has 2 rings (SSSR count). The van der Waals surface area contributed by atoms with Crippen molar-refractivity contribution < 1.29 is 9.52 Å². The lowest BCUT2D eigenvalue weighted by molar-refractivity contribution is 0.260. The van der Waals surface area contributed by atoms with Crippen LogP contribution in [0.5, 0.6) is 0 Å². The average Bonchev–Trinajstić information content (AvgIpc) is 2.92. The van der Waals surface area contributed by atoms with Gasteiger partial charge in [0.2, 0.25) is 0 Å². The molecule has 2 aromatic rings. The van der Waals surface area contributed by atoms with E-state index in [1.54, 1.807) is 0 Å². The Labute approximate surface area is 114 Å². The Bertz CT molecular complexity index is 479. The van der Waals surface area contributed by atoms with Crippen molar-refractivity contribution in [3.63, 3.8) is 0 Å². The van der Waals surface area contributed by atoms with Crippen LogP contribution in [0.4, 0.5) is 0 Å². The van der Waals surface area contributed by atoms with Crippen molar-refractivity contribution in [1.29, 1.82) is 0 Å². The summed E-state index contributed by atoms with van der Waals surface area (Å²) in [6, 6.07) is 14.1. The van der Waals surface area contributed by atoms with Crippen LogP contribution in [0.25, 0.3) is 0 Å². The standard InChI is InChI=1S/C16H21NO2/c1-2-15-8-9-16(19-15)11-17-10-14(12-18)13-6-4-3-5-7-13/h3-9,14,17-18H,2,10-12H2,1H3/t14-/m0/s1. The number of benzene rings is 1. The van der Waals surface area contributed by atoms with Gasteiger partial charge in [-0.05, 0) is 17.7 Å². The molecule has 0 aliphatic heterocycles. The molecule has 1 aromatic heterocycles. The maximum absolute atomic E-state index is 9.46. The van der Waals surface area contributed by atoms with E-state index in [1.165, 1.54) is 0 Å². The molecule has 0 unspecified atom stereocenters. The van der Waals surface area contributed by atoms with Crippen molar-refractivity contribution in [3.05, 3.63) is 59.5 Å². The van der Waals surface area contributed by atoms with Crippen LogP contribution in [0.3, 0.4) is 0 Å². The maximum atomic E-state index is 9.46. The van der Waals surface area contributed by atoms with Gasteiger partial charge in [-0.25, -0.2) is 0 Å². The summed E-state index contributed by atoms with van der Waals surface area (Å²) in [7, 11) is 0. The van der Waals surface area contributed by atoms with Gasteiger partial charge < -0.3 is 14.8 Å². The number of aryl methyl sites for hydroxylation is 1. The SMILES string of the molecule is CCc1ccc(CNC[C@@H](CO)c2ccccc2)o1. The van der Waals surface area contributed by atoms with Crippen LogP contribution in [0, 0.1) is 0 Å². The molecule has 1 aromatic carbocycles. The Morgan fingerprint density at radius 1 is 1.11 bits per heavy atom. The van der Waals surface area contributed by atoms with E-state index >= 15 is 0 Å². The highest BCUT2D eigenvalue weighted by Crippen LogP contribution is 2.14. The Hall–Kier alpha value is -1.58. The van der Waals surface area contributed by atoms with Crippen LogP contribution in [-0.2, 0) is 13.0 Å². The van der Waals surface area contributed by atoms with Crippen LogP contribution >= 0.6 is 0 Å². The van der Waals surface area contributed by atoms with Crippen LogP contribution < -0.4 is 5.32 Å². The molecule has 0 bridgehead atoms. The highest BCUT2D eigenvalue weighted by atomic mass is 16.3. The summed E-state index contributed by atoms with van der Waals surface area (Å²) in [6.07, 6.45) is 0.920. The molecule has 3 heteroatoms. The van der Waals surface area contributed by atoms with E-state index in [0.29, 0.717) is 6.54 Å². The smallest absolute Gasteiger partial charge is 0.117 e. The van der Waals surface area contributed by atoms with Crippen molar-refractivity contribution in [2.45, 2.75) is 25.8 Å². The van der Waals surface area contributed by atoms with Gasteiger partial charge in [0.1, 0.15) is 11.5 Å². The molecule has 102 valence electrons. The van der Waals surface area contributed by atoms with Gasteiger partial charge in [-0.3, -0.25) is 0 Å². The van der Waals surface area contributed by atoms with E-state index in [4.69, 9.17) is 4.42 Å². The Kier molecular flexibility index (Phi) is 5.19. The minimum atomic E-state index is 0.127. The molecule has 0 spiro atoms. The third kappa shape index (κ3) is 3.94. The molecule has 0 aliphatic carbocycles. The molecule has 0 amide bonds. The third-order valence-electron chi connectivity index (χ3n) is 3.25. The quantitative estimate of drug-likeness (QED) is 0.803. The predicted octanol–water partition coefficient (Wildman–Crippen LogP) is 2.71. The zero-order valence-corrected chi connectivity index (χ0v) is 11.3. The second-order valence-electron chi connectivity index (χ2n) is 4.64. The normalized spacial score (nSPS) is 12.5. The van der Waals surface area contributed by atoms with Crippen LogP contribution in [0.15, 0.2) is 46.9 Å². The number of rotatable bonds is 7. The van der Waals surface area contributed by atoms with Gasteiger partial charge in [-0.1, -0.05) is 37.3 Å². The van der Waals surface area contributed by atoms with Gasteiger partial charge in [0, 0.05) is 18.9 Å². The first-order valence-corrected chi connectivity index (χ1v) is 6.77. The molecule has 19 heavy (non-hydrogen) atoms. The van der Waals surface area contributed by atoms with Crippen molar-refractivity contribution in [3.8, 4) is 0 Å². The van der Waals surface area contributed by atoms with E-state index in [0.717, 1.165) is 30.0 Å². The minimum absolute atomic E-state index is 0.127. The van der Waals surface area contributed by atoms with E-state index in [1.807, 2.05) is 42.5 Å². The third-order valence-corrected chi connectivity index (χ3v) is 3.25. The summed E-state index contributed by atoms with van der Waals surface area (Å²) < 4.78 is 5.63. The second kappa shape index (κ2) is 7.12. The lowest BCUT2D eigenvalue weighted by Gasteiger charge is -2.14. The van der Waals surface area contributed by atoms with E-state index in [-0.39, 0.29) is 12.5 Å². The topological polar surface area (TPSA) is 45.4 Å². The van der Waals surface area contributed by atoms with Crippen molar-refractivity contribution in [2.24, 2.45) is 0 Å². The molecule has 0 aliphatic rings. The number of aliphatic hydroxyl groups is 1. The van der Waals surface area contributed by atoms with Crippen LogP contribution in [0.2, 0.25) is 0 Å². The molecule has 3 nitrogen and oxygen atoms in total. The molecule has 0 saturated heterocycles. The highest BCUT2D eigenvalue weighted by molar-refractivity contribution is 5.20. The monoisotopic (exact) mass is 259 g/mol. The van der Waals surface area contributed by atoms with Crippen LogP contribution in [-0.4, -0.2) is 18.3 Å². The molecular weight excluding hydrogens is 238 g/mol. The molecule has 2 N–H and O–H groups in total. The number of aliphatic hydroxyl groups excluding tert-OH is 1. The summed E-state index contributed by atoms with van der Waals surface area (Å²) >= 11 is 0. The summed E-state index contributed by atoms with van der Waals surface area (Å²) in [5.41, 5.74) is 1.16. The van der Waals surface area contributed by atoms with Crippen LogP contribution in [0.1, 0.15) is 29.9 Å². The van der Waals surface area contributed by atoms with Crippen molar-refractivity contribution in [1.82, 2.24) is 5.32 Å². The fourth-order valence-corrected chi connectivity index (χ4v) is 2.09. The fourth-order valence-electron chi connectivity index (χ4n) is 2.09. The van der Waals surface area contributed by atoms with Gasteiger partial charge >= 0.3 is 0 Å². The Morgan fingerprint density at radius 2 is 1.84 bits per heavy atom. The van der Waals surface area contributed by atoms with Crippen molar-refractivity contribution >= 4 is 0 Å². The average molecular weight is 259 g/mol. The largest absolute Gasteiger partial charge is 0.465 e. The summed E-state index contributed by atoms with van der Waals surface area (Å²) in [6.45, 7) is 3.66. The maximum Gasteiger partial charge on any atom is 0.117 e. The van der Waals surface area contributed by atoms with Gasteiger partial charge in [0.05, 0.1) is 13.2 Å². The lowest BCUT2D eigenvalue weighted by atomic mass is 10.0. The zero-order valence-electron chi connectivity index (χ0n) is 11.3. The summed E-state index contributed by atoms with van der Waals surface area (Å²) in [5.74, 6) is 2.09. The molecule has 1 heterocycles. The first kappa shape index (κ1) is 13.8. The molecular formula is C16H21NO2. The second-order valence-corrected chi connectivity index (χ2v) is 4.64. The van der Waals surface area contributed by atoms with E-state index in [2.05, 4.69) is 12.2 Å². The summed E-state index contributed by atoms with van der Waals surface area (Å²) in [4.78, 5) is 0. The minimum Gasteiger partial charge on any atom is -0.465 e. The van der Waals surface area contributed by atoms with Gasteiger partial charge in [0.15, 0.2) is 0 Å². The molecule has 0 radical (unpaired) electrons. The Balaban J connectivity index is 1.83. The lowest BCUT2D eigenvalue weighted by Crippen LogP contribution is -2.23. The molecule has 0 fully saturated rings. The fraction of sp³-hybridized carbons (Fsp3) is 0.375. The highest BCUT2D eigenvalue weighted by Gasteiger charge is 2.09. The number of furan rings is 1. The van der Waals surface area contributed by atoms with E-state index < -0.39 is 0 Å². The Morgan fingerprint density at radius 3 is 2.47 bits per heavy atom. The first-order chi connectivity index (χ1) is 9.33. The number of hydrogen-bond donors (Lipinski definition) is 2. The number of nitrogens with one attached hydrogen (secondary N) is 1. The van der Waals surface area contributed by atoms with Crippen molar-refractivity contribution in [2.75, 3.05) is 13.2 Å². The predicted molar refractivity (Wildman–Crippen MR) is 76.1 cm³/mol.